The fraction of sp³-hybridized carbons (Fsp3) is 0.300. The van der Waals surface area contributed by atoms with Crippen LogP contribution in [0.15, 0.2) is 18.3 Å². The number of hydrogen-bond donors (Lipinski definition) is 1. The number of nitrogens with zero attached hydrogens (tertiary/aromatic N) is 2. The normalized spacial score (nSPS) is 11.5. The van der Waals surface area contributed by atoms with Gasteiger partial charge in [-0.25, -0.2) is 9.78 Å². The molecule has 0 aliphatic heterocycles. The molecule has 0 saturated carbocycles. The van der Waals surface area contributed by atoms with Gasteiger partial charge in [-0.15, -0.1) is 0 Å². The SMILES string of the molecule is CCC(C#N)Oc1ccc(C(=O)O)nc1. The maximum absolute atomic E-state index is 10.5. The van der Waals surface area contributed by atoms with Gasteiger partial charge in [0.05, 0.1) is 6.20 Å². The molecule has 0 saturated heterocycles. The molecule has 15 heavy (non-hydrogen) atoms. The molecule has 0 fully saturated rings. The molecule has 0 aliphatic rings. The van der Waals surface area contributed by atoms with Crippen molar-refractivity contribution < 1.29 is 14.6 Å². The summed E-state index contributed by atoms with van der Waals surface area (Å²) in [5.74, 6) is -0.692. The summed E-state index contributed by atoms with van der Waals surface area (Å²) in [7, 11) is 0. The number of aromatic carboxylic acids is 1. The molecule has 1 unspecified atom stereocenters. The lowest BCUT2D eigenvalue weighted by Gasteiger charge is -2.09. The largest absolute Gasteiger partial charge is 0.477 e. The average molecular weight is 206 g/mol. The van der Waals surface area contributed by atoms with E-state index >= 15 is 0 Å². The highest BCUT2D eigenvalue weighted by Crippen LogP contribution is 2.12. The molecular weight excluding hydrogens is 196 g/mol. The zero-order chi connectivity index (χ0) is 11.3. The van der Waals surface area contributed by atoms with E-state index in [4.69, 9.17) is 15.1 Å². The number of nitriles is 1. The Hall–Kier alpha value is -2.09. The molecule has 0 aromatic carbocycles. The molecule has 1 heterocycles. The molecule has 0 spiro atoms. The van der Waals surface area contributed by atoms with Gasteiger partial charge in [-0.3, -0.25) is 0 Å². The van der Waals surface area contributed by atoms with Crippen LogP contribution in [0.25, 0.3) is 0 Å². The summed E-state index contributed by atoms with van der Waals surface area (Å²) >= 11 is 0. The third-order valence-electron chi connectivity index (χ3n) is 1.75. The van der Waals surface area contributed by atoms with Gasteiger partial charge in [-0.1, -0.05) is 6.92 Å². The smallest absolute Gasteiger partial charge is 0.354 e. The van der Waals surface area contributed by atoms with Crippen LogP contribution in [0.5, 0.6) is 5.75 Å². The van der Waals surface area contributed by atoms with Crippen LogP contribution in [-0.4, -0.2) is 22.2 Å². The quantitative estimate of drug-likeness (QED) is 0.806. The van der Waals surface area contributed by atoms with E-state index in [1.165, 1.54) is 18.3 Å². The van der Waals surface area contributed by atoms with Gasteiger partial charge in [0, 0.05) is 0 Å². The van der Waals surface area contributed by atoms with Crippen LogP contribution in [0, 0.1) is 11.3 Å². The second kappa shape index (κ2) is 4.96. The lowest BCUT2D eigenvalue weighted by atomic mass is 10.3. The van der Waals surface area contributed by atoms with Gasteiger partial charge < -0.3 is 9.84 Å². The Kier molecular flexibility index (Phi) is 3.63. The van der Waals surface area contributed by atoms with Gasteiger partial charge in [0.2, 0.25) is 0 Å². The first-order valence-electron chi connectivity index (χ1n) is 4.43. The lowest BCUT2D eigenvalue weighted by Crippen LogP contribution is -2.12. The predicted octanol–water partition coefficient (Wildman–Crippen LogP) is 1.46. The Balaban J connectivity index is 2.73. The van der Waals surface area contributed by atoms with Gasteiger partial charge in [0.15, 0.2) is 6.10 Å². The van der Waals surface area contributed by atoms with Crippen molar-refractivity contribution in [1.82, 2.24) is 4.98 Å². The molecule has 5 heteroatoms. The summed E-state index contributed by atoms with van der Waals surface area (Å²) < 4.78 is 5.23. The fourth-order valence-electron chi connectivity index (χ4n) is 0.942. The Morgan fingerprint density at radius 1 is 1.73 bits per heavy atom. The molecule has 78 valence electrons. The van der Waals surface area contributed by atoms with Crippen LogP contribution in [0.2, 0.25) is 0 Å². The second-order valence-corrected chi connectivity index (χ2v) is 2.83. The maximum atomic E-state index is 10.5. The number of pyridine rings is 1. The van der Waals surface area contributed by atoms with Crippen LogP contribution in [0.1, 0.15) is 23.8 Å². The van der Waals surface area contributed by atoms with Crippen molar-refractivity contribution in [2.75, 3.05) is 0 Å². The van der Waals surface area contributed by atoms with E-state index < -0.39 is 12.1 Å². The molecule has 0 radical (unpaired) electrons. The van der Waals surface area contributed by atoms with Crippen molar-refractivity contribution in [3.63, 3.8) is 0 Å². The van der Waals surface area contributed by atoms with E-state index in [0.29, 0.717) is 12.2 Å². The Labute approximate surface area is 86.9 Å². The number of hydrogen-bond acceptors (Lipinski definition) is 4. The first-order chi connectivity index (χ1) is 7.17. The highest BCUT2D eigenvalue weighted by atomic mass is 16.5. The van der Waals surface area contributed by atoms with Crippen LogP contribution < -0.4 is 4.74 Å². The molecule has 0 amide bonds. The molecule has 0 aliphatic carbocycles. The van der Waals surface area contributed by atoms with Crippen LogP contribution in [-0.2, 0) is 0 Å². The summed E-state index contributed by atoms with van der Waals surface area (Å²) in [5, 5.41) is 17.2. The fourth-order valence-corrected chi connectivity index (χ4v) is 0.942. The summed E-state index contributed by atoms with van der Waals surface area (Å²) in [5.41, 5.74) is -0.0487. The molecule has 1 aromatic heterocycles. The first-order valence-corrected chi connectivity index (χ1v) is 4.43. The van der Waals surface area contributed by atoms with Crippen LogP contribution in [0.4, 0.5) is 0 Å². The van der Waals surface area contributed by atoms with Crippen molar-refractivity contribution in [3.05, 3.63) is 24.0 Å². The molecule has 1 aromatic rings. The molecule has 1 rings (SSSR count). The van der Waals surface area contributed by atoms with Gasteiger partial charge in [-0.05, 0) is 18.6 Å². The van der Waals surface area contributed by atoms with Gasteiger partial charge in [-0.2, -0.15) is 5.26 Å². The lowest BCUT2D eigenvalue weighted by molar-refractivity contribution is 0.0690. The van der Waals surface area contributed by atoms with Crippen LogP contribution in [0.3, 0.4) is 0 Å². The monoisotopic (exact) mass is 206 g/mol. The number of rotatable bonds is 4. The van der Waals surface area contributed by atoms with Crippen molar-refractivity contribution in [2.45, 2.75) is 19.4 Å². The van der Waals surface area contributed by atoms with Crippen molar-refractivity contribution >= 4 is 5.97 Å². The van der Waals surface area contributed by atoms with Crippen molar-refractivity contribution in [2.24, 2.45) is 0 Å². The van der Waals surface area contributed by atoms with Crippen molar-refractivity contribution in [3.8, 4) is 11.8 Å². The predicted molar refractivity (Wildman–Crippen MR) is 51.5 cm³/mol. The molecule has 1 N–H and O–H groups in total. The number of ether oxygens (including phenoxy) is 1. The zero-order valence-corrected chi connectivity index (χ0v) is 8.17. The zero-order valence-electron chi connectivity index (χ0n) is 8.17. The van der Waals surface area contributed by atoms with E-state index in [-0.39, 0.29) is 5.69 Å². The standard InChI is InChI=1S/C10H10N2O3/c1-2-7(5-11)15-8-3-4-9(10(13)14)12-6-8/h3-4,6-7H,2H2,1H3,(H,13,14). The van der Waals surface area contributed by atoms with Crippen LogP contribution >= 0.6 is 0 Å². The van der Waals surface area contributed by atoms with E-state index in [9.17, 15) is 4.79 Å². The van der Waals surface area contributed by atoms with Gasteiger partial charge in [0.1, 0.15) is 17.5 Å². The first kappa shape index (κ1) is 11.0. The average Bonchev–Trinajstić information content (AvgIpc) is 2.26. The number of carboxylic acid groups (broad SMARTS) is 1. The van der Waals surface area contributed by atoms with E-state index in [1.54, 1.807) is 0 Å². The number of aromatic nitrogens is 1. The van der Waals surface area contributed by atoms with Gasteiger partial charge >= 0.3 is 5.97 Å². The Bertz CT molecular complexity index is 381. The molecule has 0 bridgehead atoms. The summed E-state index contributed by atoms with van der Waals surface area (Å²) in [6, 6.07) is 4.79. The second-order valence-electron chi connectivity index (χ2n) is 2.83. The minimum atomic E-state index is -1.09. The number of carboxylic acids is 1. The minimum absolute atomic E-state index is 0.0487. The summed E-state index contributed by atoms with van der Waals surface area (Å²) in [4.78, 5) is 14.2. The third kappa shape index (κ3) is 2.95. The van der Waals surface area contributed by atoms with E-state index in [2.05, 4.69) is 4.98 Å². The Morgan fingerprint density at radius 2 is 2.47 bits per heavy atom. The summed E-state index contributed by atoms with van der Waals surface area (Å²) in [6.07, 6.45) is 1.34. The molecule has 1 atom stereocenters. The number of carbonyl (C=O) groups is 1. The highest BCUT2D eigenvalue weighted by molar-refractivity contribution is 5.85. The minimum Gasteiger partial charge on any atom is -0.477 e. The third-order valence-corrected chi connectivity index (χ3v) is 1.75. The summed E-state index contributed by atoms with van der Waals surface area (Å²) in [6.45, 7) is 1.83. The van der Waals surface area contributed by atoms with Gasteiger partial charge in [0.25, 0.3) is 0 Å². The topological polar surface area (TPSA) is 83.2 Å². The maximum Gasteiger partial charge on any atom is 0.354 e. The van der Waals surface area contributed by atoms with Crippen molar-refractivity contribution in [1.29, 1.82) is 5.26 Å². The highest BCUT2D eigenvalue weighted by Gasteiger charge is 2.08. The van der Waals surface area contributed by atoms with E-state index in [1.807, 2.05) is 13.0 Å². The Morgan fingerprint density at radius 3 is 2.87 bits per heavy atom. The molecular formula is C10H10N2O3. The molecule has 5 nitrogen and oxygen atoms in total. The van der Waals surface area contributed by atoms with E-state index in [0.717, 1.165) is 0 Å².